The summed E-state index contributed by atoms with van der Waals surface area (Å²) in [6.07, 6.45) is 3.01. The molecule has 0 saturated carbocycles. The molecule has 0 bridgehead atoms. The fourth-order valence-corrected chi connectivity index (χ4v) is 2.63. The van der Waals surface area contributed by atoms with Crippen LogP contribution >= 0.6 is 0 Å². The minimum absolute atomic E-state index is 0.0379. The smallest absolute Gasteiger partial charge is 0.264 e. The number of nitrogens with zero attached hydrogens (tertiary/aromatic N) is 3. The van der Waals surface area contributed by atoms with Gasteiger partial charge < -0.3 is 14.4 Å². The van der Waals surface area contributed by atoms with Crippen LogP contribution in [0.4, 0.5) is 5.69 Å². The number of aryl methyl sites for hydroxylation is 1. The normalized spacial score (nSPS) is 11.7. The van der Waals surface area contributed by atoms with Crippen LogP contribution in [0.3, 0.4) is 0 Å². The monoisotopic (exact) mass is 345 g/mol. The highest BCUT2D eigenvalue weighted by Gasteiger charge is 2.18. The zero-order valence-electron chi connectivity index (χ0n) is 15.5. The van der Waals surface area contributed by atoms with E-state index in [2.05, 4.69) is 24.1 Å². The maximum atomic E-state index is 11.8. The van der Waals surface area contributed by atoms with E-state index in [1.165, 1.54) is 0 Å². The van der Waals surface area contributed by atoms with Crippen LogP contribution in [-0.4, -0.2) is 22.7 Å². The molecule has 136 valence electrons. The first-order valence-corrected chi connectivity index (χ1v) is 8.81. The molecule has 0 atom stereocenters. The molecule has 0 aliphatic carbocycles. The van der Waals surface area contributed by atoms with Crippen molar-refractivity contribution < 1.29 is 14.6 Å². The molecule has 0 aliphatic rings. The Labute approximate surface area is 148 Å². The summed E-state index contributed by atoms with van der Waals surface area (Å²) in [5.74, 6) is 0.946. The Balaban J connectivity index is 2.44. The van der Waals surface area contributed by atoms with Crippen molar-refractivity contribution >= 4 is 22.5 Å². The van der Waals surface area contributed by atoms with Gasteiger partial charge in [-0.2, -0.15) is 0 Å². The van der Waals surface area contributed by atoms with Crippen LogP contribution in [0.1, 0.15) is 46.5 Å². The topological polar surface area (TPSA) is 76.2 Å². The third kappa shape index (κ3) is 4.59. The lowest BCUT2D eigenvalue weighted by Crippen LogP contribution is -2.00. The first-order chi connectivity index (χ1) is 12.0. The molecule has 0 saturated heterocycles. The van der Waals surface area contributed by atoms with Crippen LogP contribution in [0, 0.1) is 5.92 Å². The number of aromatic hydroxyl groups is 1. The van der Waals surface area contributed by atoms with E-state index in [0.29, 0.717) is 30.3 Å². The Kier molecular flexibility index (Phi) is 6.56. The van der Waals surface area contributed by atoms with Crippen LogP contribution in [0.5, 0.6) is 11.6 Å². The summed E-state index contributed by atoms with van der Waals surface area (Å²) < 4.78 is 7.09. The number of amides is 1. The number of ether oxygens (including phenoxy) is 1. The summed E-state index contributed by atoms with van der Waals surface area (Å²) in [7, 11) is 1.59. The van der Waals surface area contributed by atoms with Crippen molar-refractivity contribution in [3.8, 4) is 11.6 Å². The number of benzene rings is 1. The fourth-order valence-electron chi connectivity index (χ4n) is 2.63. The van der Waals surface area contributed by atoms with Crippen LogP contribution in [0.15, 0.2) is 28.4 Å². The highest BCUT2D eigenvalue weighted by Crippen LogP contribution is 2.40. The number of carbonyl (C=O) groups excluding carboxylic acids is 1. The van der Waals surface area contributed by atoms with Gasteiger partial charge in [0, 0.05) is 18.4 Å². The molecule has 0 radical (unpaired) electrons. The second kappa shape index (κ2) is 8.65. The largest absolute Gasteiger partial charge is 0.497 e. The van der Waals surface area contributed by atoms with Gasteiger partial charge in [-0.25, -0.2) is 0 Å². The van der Waals surface area contributed by atoms with Gasteiger partial charge in [-0.15, -0.1) is 10.2 Å². The number of hydrogen-bond acceptors (Lipinski definition) is 4. The van der Waals surface area contributed by atoms with Gasteiger partial charge in [-0.3, -0.25) is 4.79 Å². The van der Waals surface area contributed by atoms with Crippen LogP contribution < -0.4 is 4.74 Å². The molecule has 6 nitrogen and oxygen atoms in total. The Morgan fingerprint density at radius 2 is 2.12 bits per heavy atom. The predicted molar refractivity (Wildman–Crippen MR) is 98.7 cm³/mol. The van der Waals surface area contributed by atoms with E-state index < -0.39 is 0 Å². The molecule has 25 heavy (non-hydrogen) atoms. The lowest BCUT2D eigenvalue weighted by atomic mass is 10.1. The molecule has 2 aromatic rings. The predicted octanol–water partition coefficient (Wildman–Crippen LogP) is 5.20. The van der Waals surface area contributed by atoms with Gasteiger partial charge in [0.1, 0.15) is 5.75 Å². The number of unbranched alkanes of at least 4 members (excludes halogenated alkanes) is 1. The van der Waals surface area contributed by atoms with Gasteiger partial charge in [0.05, 0.1) is 12.6 Å². The average Bonchev–Trinajstić information content (AvgIpc) is 2.86. The van der Waals surface area contributed by atoms with Crippen molar-refractivity contribution in [2.45, 2.75) is 53.0 Å². The molecule has 1 N–H and O–H groups in total. The fraction of sp³-hybridized carbons (Fsp3) is 0.526. The van der Waals surface area contributed by atoms with E-state index in [0.717, 1.165) is 30.2 Å². The Morgan fingerprint density at radius 3 is 2.76 bits per heavy atom. The maximum Gasteiger partial charge on any atom is 0.264 e. The lowest BCUT2D eigenvalue weighted by molar-refractivity contribution is -0.118. The summed E-state index contributed by atoms with van der Waals surface area (Å²) in [5, 5.41) is 19.2. The van der Waals surface area contributed by atoms with Crippen molar-refractivity contribution in [1.29, 1.82) is 0 Å². The zero-order valence-corrected chi connectivity index (χ0v) is 15.5. The van der Waals surface area contributed by atoms with E-state index >= 15 is 0 Å². The first-order valence-electron chi connectivity index (χ1n) is 8.81. The first kappa shape index (κ1) is 19.0. The van der Waals surface area contributed by atoms with Gasteiger partial charge in [-0.05, 0) is 37.0 Å². The Morgan fingerprint density at radius 1 is 1.36 bits per heavy atom. The highest BCUT2D eigenvalue weighted by atomic mass is 16.5. The molecule has 0 spiro atoms. The summed E-state index contributed by atoms with van der Waals surface area (Å²) in [4.78, 5) is 11.8. The van der Waals surface area contributed by atoms with Gasteiger partial charge in [-0.1, -0.05) is 27.2 Å². The van der Waals surface area contributed by atoms with Crippen LogP contribution in [0.25, 0.3) is 10.9 Å². The standard InChI is InChI=1S/C19H27N3O3/c1-5-6-7-17(23)20-21-18-15-12-14(25-4)8-9-16(15)22(19(18)24)11-10-13(2)3/h8-9,12-13,24H,5-7,10-11H2,1-4H3. The number of fused-ring (bicyclic) bond motifs is 1. The third-order valence-electron chi connectivity index (χ3n) is 4.15. The van der Waals surface area contributed by atoms with Crippen molar-refractivity contribution in [3.63, 3.8) is 0 Å². The molecule has 0 fully saturated rings. The van der Waals surface area contributed by atoms with Gasteiger partial charge in [0.15, 0.2) is 5.69 Å². The van der Waals surface area contributed by atoms with E-state index in [1.54, 1.807) is 7.11 Å². The summed E-state index contributed by atoms with van der Waals surface area (Å²) in [5.41, 5.74) is 1.18. The second-order valence-corrected chi connectivity index (χ2v) is 6.59. The molecule has 2 rings (SSSR count). The number of azo groups is 1. The van der Waals surface area contributed by atoms with Crippen molar-refractivity contribution in [3.05, 3.63) is 18.2 Å². The summed E-state index contributed by atoms with van der Waals surface area (Å²) in [6, 6.07) is 5.55. The number of aromatic nitrogens is 1. The summed E-state index contributed by atoms with van der Waals surface area (Å²) in [6.45, 7) is 6.97. The zero-order chi connectivity index (χ0) is 18.4. The van der Waals surface area contributed by atoms with Gasteiger partial charge in [0.25, 0.3) is 5.91 Å². The third-order valence-corrected chi connectivity index (χ3v) is 4.15. The molecule has 6 heteroatoms. The van der Waals surface area contributed by atoms with Crippen LogP contribution in [0.2, 0.25) is 0 Å². The van der Waals surface area contributed by atoms with E-state index in [1.807, 2.05) is 29.7 Å². The van der Waals surface area contributed by atoms with Crippen molar-refractivity contribution in [2.75, 3.05) is 7.11 Å². The average molecular weight is 345 g/mol. The van der Waals surface area contributed by atoms with Crippen molar-refractivity contribution in [2.24, 2.45) is 16.1 Å². The molecule has 0 aliphatic heterocycles. The van der Waals surface area contributed by atoms with Crippen LogP contribution in [-0.2, 0) is 11.3 Å². The maximum absolute atomic E-state index is 11.8. The lowest BCUT2D eigenvalue weighted by Gasteiger charge is -2.09. The number of hydrogen-bond donors (Lipinski definition) is 1. The van der Waals surface area contributed by atoms with E-state index in [4.69, 9.17) is 4.74 Å². The van der Waals surface area contributed by atoms with Gasteiger partial charge >= 0.3 is 0 Å². The minimum atomic E-state index is -0.271. The number of methoxy groups -OCH3 is 1. The number of carbonyl (C=O) groups is 1. The Hall–Kier alpha value is -2.37. The van der Waals surface area contributed by atoms with E-state index in [-0.39, 0.29) is 11.8 Å². The molecular formula is C19H27N3O3. The molecule has 1 aromatic heterocycles. The quantitative estimate of drug-likeness (QED) is 0.668. The highest BCUT2D eigenvalue weighted by molar-refractivity contribution is 5.96. The molecule has 1 amide bonds. The Bertz CT molecular complexity index is 763. The molecule has 0 unspecified atom stereocenters. The summed E-state index contributed by atoms with van der Waals surface area (Å²) >= 11 is 0. The minimum Gasteiger partial charge on any atom is -0.497 e. The molecule has 1 heterocycles. The second-order valence-electron chi connectivity index (χ2n) is 6.59. The molecular weight excluding hydrogens is 318 g/mol. The number of rotatable bonds is 8. The van der Waals surface area contributed by atoms with E-state index in [9.17, 15) is 9.90 Å². The van der Waals surface area contributed by atoms with Gasteiger partial charge in [0.2, 0.25) is 5.88 Å². The van der Waals surface area contributed by atoms with Crippen molar-refractivity contribution in [1.82, 2.24) is 4.57 Å². The molecule has 1 aromatic carbocycles. The SMILES string of the molecule is CCCCC(=O)N=Nc1c(O)n(CCC(C)C)c2ccc(OC)cc12.